The maximum Gasteiger partial charge on any atom is 0.303 e. The first-order valence-corrected chi connectivity index (χ1v) is 5.74. The molecule has 5 atom stereocenters. The third kappa shape index (κ3) is 2.80. The predicted molar refractivity (Wildman–Crippen MR) is 56.3 cm³/mol. The fourth-order valence-electron chi connectivity index (χ4n) is 2.10. The molecule has 2 fully saturated rings. The van der Waals surface area contributed by atoms with Crippen LogP contribution in [-0.4, -0.2) is 49.4 Å². The number of fused-ring (bicyclic) bond motifs is 1. The number of ether oxygens (including phenoxy) is 5. The summed E-state index contributed by atoms with van der Waals surface area (Å²) in [6, 6.07) is 0. The van der Waals surface area contributed by atoms with Crippen LogP contribution in [0.15, 0.2) is 0 Å². The van der Waals surface area contributed by atoms with Crippen LogP contribution in [0, 0.1) is 0 Å². The molecular formula is C11H16O7. The largest absolute Gasteiger partial charge is 0.456 e. The van der Waals surface area contributed by atoms with Gasteiger partial charge in [-0.1, -0.05) is 0 Å². The highest BCUT2D eigenvalue weighted by Gasteiger charge is 2.50. The van der Waals surface area contributed by atoms with Gasteiger partial charge in [0.15, 0.2) is 30.9 Å². The van der Waals surface area contributed by atoms with E-state index in [2.05, 4.69) is 0 Å². The minimum absolute atomic E-state index is 0.106. The Morgan fingerprint density at radius 2 is 1.78 bits per heavy atom. The molecule has 0 radical (unpaired) electrons. The van der Waals surface area contributed by atoms with E-state index in [1.807, 2.05) is 0 Å². The molecule has 18 heavy (non-hydrogen) atoms. The van der Waals surface area contributed by atoms with Crippen molar-refractivity contribution in [1.29, 1.82) is 0 Å². The average Bonchev–Trinajstić information content (AvgIpc) is 2.61. The Bertz CT molecular complexity index is 342. The molecule has 102 valence electrons. The molecule has 0 aliphatic carbocycles. The summed E-state index contributed by atoms with van der Waals surface area (Å²) in [5, 5.41) is 0. The van der Waals surface area contributed by atoms with E-state index in [0.29, 0.717) is 0 Å². The smallest absolute Gasteiger partial charge is 0.303 e. The third-order valence-corrected chi connectivity index (χ3v) is 2.68. The Balaban J connectivity index is 2.11. The molecule has 7 nitrogen and oxygen atoms in total. The van der Waals surface area contributed by atoms with Crippen LogP contribution >= 0.6 is 0 Å². The zero-order chi connectivity index (χ0) is 13.3. The number of hydrogen-bond donors (Lipinski definition) is 0. The molecule has 0 aromatic carbocycles. The highest BCUT2D eigenvalue weighted by atomic mass is 16.8. The summed E-state index contributed by atoms with van der Waals surface area (Å²) >= 11 is 0. The van der Waals surface area contributed by atoms with Gasteiger partial charge in [0.1, 0.15) is 0 Å². The number of carbonyl (C=O) groups is 2. The van der Waals surface area contributed by atoms with Crippen molar-refractivity contribution in [2.45, 2.75) is 51.7 Å². The Morgan fingerprint density at radius 3 is 2.39 bits per heavy atom. The number of rotatable bonds is 2. The van der Waals surface area contributed by atoms with Crippen LogP contribution in [0.5, 0.6) is 0 Å². The zero-order valence-electron chi connectivity index (χ0n) is 10.5. The molecule has 2 rings (SSSR count). The van der Waals surface area contributed by atoms with E-state index in [1.54, 1.807) is 6.92 Å². The van der Waals surface area contributed by atoms with Gasteiger partial charge >= 0.3 is 11.9 Å². The van der Waals surface area contributed by atoms with Gasteiger partial charge in [0.05, 0.1) is 6.61 Å². The summed E-state index contributed by atoms with van der Waals surface area (Å²) < 4.78 is 26.4. The van der Waals surface area contributed by atoms with Crippen LogP contribution in [0.4, 0.5) is 0 Å². The summed E-state index contributed by atoms with van der Waals surface area (Å²) in [6.07, 6.45) is -3.02. The highest BCUT2D eigenvalue weighted by molar-refractivity contribution is 5.67. The maximum atomic E-state index is 11.1. The van der Waals surface area contributed by atoms with Gasteiger partial charge in [-0.2, -0.15) is 0 Å². The van der Waals surface area contributed by atoms with Crippen molar-refractivity contribution in [3.05, 3.63) is 0 Å². The molecule has 0 N–H and O–H groups in total. The highest BCUT2D eigenvalue weighted by Crippen LogP contribution is 2.31. The van der Waals surface area contributed by atoms with Crippen molar-refractivity contribution in [3.8, 4) is 0 Å². The van der Waals surface area contributed by atoms with E-state index < -0.39 is 42.8 Å². The SMILES string of the molecule is CC(=O)OC1COC2OC(C)OC2C1OC(C)=O. The Morgan fingerprint density at radius 1 is 1.11 bits per heavy atom. The van der Waals surface area contributed by atoms with E-state index >= 15 is 0 Å². The van der Waals surface area contributed by atoms with Gasteiger partial charge in [0.25, 0.3) is 0 Å². The third-order valence-electron chi connectivity index (χ3n) is 2.68. The first-order chi connectivity index (χ1) is 8.47. The van der Waals surface area contributed by atoms with Crippen LogP contribution in [0.25, 0.3) is 0 Å². The summed E-state index contributed by atoms with van der Waals surface area (Å²) in [4.78, 5) is 22.1. The van der Waals surface area contributed by atoms with Crippen molar-refractivity contribution in [2.24, 2.45) is 0 Å². The van der Waals surface area contributed by atoms with E-state index in [9.17, 15) is 9.59 Å². The van der Waals surface area contributed by atoms with E-state index in [4.69, 9.17) is 23.7 Å². The van der Waals surface area contributed by atoms with Gasteiger partial charge in [-0.15, -0.1) is 0 Å². The van der Waals surface area contributed by atoms with Crippen LogP contribution in [0.2, 0.25) is 0 Å². The normalized spacial score (nSPS) is 38.9. The molecular weight excluding hydrogens is 244 g/mol. The molecule has 5 unspecified atom stereocenters. The zero-order valence-corrected chi connectivity index (χ0v) is 10.5. The van der Waals surface area contributed by atoms with Crippen molar-refractivity contribution < 1.29 is 33.3 Å². The first-order valence-electron chi connectivity index (χ1n) is 5.74. The van der Waals surface area contributed by atoms with Crippen molar-refractivity contribution in [3.63, 3.8) is 0 Å². The molecule has 0 amide bonds. The summed E-state index contributed by atoms with van der Waals surface area (Å²) in [7, 11) is 0. The minimum Gasteiger partial charge on any atom is -0.456 e. The van der Waals surface area contributed by atoms with Gasteiger partial charge < -0.3 is 23.7 Å². The van der Waals surface area contributed by atoms with Gasteiger partial charge in [0.2, 0.25) is 0 Å². The van der Waals surface area contributed by atoms with Crippen LogP contribution < -0.4 is 0 Å². The molecule has 0 saturated carbocycles. The standard InChI is InChI=1S/C11H16O7/c1-5(12)15-8-4-14-11-10(17-7(3)18-11)9(8)16-6(2)13/h7-11H,4H2,1-3H3. The van der Waals surface area contributed by atoms with Gasteiger partial charge in [-0.05, 0) is 6.92 Å². The molecule has 0 bridgehead atoms. The maximum absolute atomic E-state index is 11.1. The van der Waals surface area contributed by atoms with Gasteiger partial charge in [0, 0.05) is 13.8 Å². The molecule has 0 aromatic rings. The Hall–Kier alpha value is -1.18. The second-order valence-corrected chi connectivity index (χ2v) is 4.23. The number of carbonyl (C=O) groups excluding carboxylic acids is 2. The lowest BCUT2D eigenvalue weighted by Crippen LogP contribution is -2.54. The second-order valence-electron chi connectivity index (χ2n) is 4.23. The minimum atomic E-state index is -0.713. The summed E-state index contributed by atoms with van der Waals surface area (Å²) in [5.74, 6) is -0.938. The molecule has 2 aliphatic heterocycles. The monoisotopic (exact) mass is 260 g/mol. The van der Waals surface area contributed by atoms with E-state index in [1.165, 1.54) is 13.8 Å². The Kier molecular flexibility index (Phi) is 3.84. The van der Waals surface area contributed by atoms with Gasteiger partial charge in [-0.3, -0.25) is 9.59 Å². The lowest BCUT2D eigenvalue weighted by molar-refractivity contribution is -0.229. The molecule has 0 spiro atoms. The molecule has 2 aliphatic rings. The quantitative estimate of drug-likeness (QED) is 0.645. The average molecular weight is 260 g/mol. The van der Waals surface area contributed by atoms with Crippen molar-refractivity contribution in [2.75, 3.05) is 6.61 Å². The Labute approximate surface area is 104 Å². The molecule has 2 heterocycles. The summed E-state index contributed by atoms with van der Waals surface area (Å²) in [5.41, 5.74) is 0. The van der Waals surface area contributed by atoms with Crippen LogP contribution in [0.3, 0.4) is 0 Å². The van der Waals surface area contributed by atoms with Gasteiger partial charge in [-0.25, -0.2) is 0 Å². The van der Waals surface area contributed by atoms with E-state index in [0.717, 1.165) is 0 Å². The number of hydrogen-bond acceptors (Lipinski definition) is 7. The molecule has 0 aromatic heterocycles. The predicted octanol–water partition coefficient (Wildman–Crippen LogP) is -0.0325. The lowest BCUT2D eigenvalue weighted by atomic mass is 10.1. The van der Waals surface area contributed by atoms with Crippen molar-refractivity contribution >= 4 is 11.9 Å². The fourth-order valence-corrected chi connectivity index (χ4v) is 2.10. The molecule has 7 heteroatoms. The topological polar surface area (TPSA) is 80.3 Å². The molecule has 2 saturated heterocycles. The van der Waals surface area contributed by atoms with Crippen LogP contribution in [-0.2, 0) is 33.3 Å². The van der Waals surface area contributed by atoms with Crippen molar-refractivity contribution in [1.82, 2.24) is 0 Å². The fraction of sp³-hybridized carbons (Fsp3) is 0.818. The summed E-state index contributed by atoms with van der Waals surface area (Å²) in [6.45, 7) is 4.39. The van der Waals surface area contributed by atoms with E-state index in [-0.39, 0.29) is 6.61 Å². The second kappa shape index (κ2) is 5.21. The first kappa shape index (κ1) is 13.3. The number of esters is 2. The lowest BCUT2D eigenvalue weighted by Gasteiger charge is -2.36. The van der Waals surface area contributed by atoms with Crippen LogP contribution in [0.1, 0.15) is 20.8 Å².